The molecule has 0 spiro atoms. The zero-order chi connectivity index (χ0) is 16.8. The van der Waals surface area contributed by atoms with Crippen molar-refractivity contribution in [2.75, 3.05) is 5.32 Å². The smallest absolute Gasteiger partial charge is 0.226 e. The fraction of sp³-hybridized carbons (Fsp3) is 0.471. The predicted octanol–water partition coefficient (Wildman–Crippen LogP) is 3.24. The minimum absolute atomic E-state index is 0.0426. The SMILES string of the molecule is CC(CC(=O)Nc1ccc(Cl)c(C#N)c1)NC(=O)C1CCCC1. The first-order chi connectivity index (χ1) is 11.0. The summed E-state index contributed by atoms with van der Waals surface area (Å²) in [7, 11) is 0. The van der Waals surface area contributed by atoms with Gasteiger partial charge in [-0.1, -0.05) is 24.4 Å². The maximum absolute atomic E-state index is 12.0. The van der Waals surface area contributed by atoms with Gasteiger partial charge in [-0.3, -0.25) is 9.59 Å². The summed E-state index contributed by atoms with van der Waals surface area (Å²) in [6, 6.07) is 6.48. The Morgan fingerprint density at radius 1 is 1.39 bits per heavy atom. The number of carbonyl (C=O) groups excluding carboxylic acids is 2. The van der Waals surface area contributed by atoms with Crippen LogP contribution in [-0.2, 0) is 9.59 Å². The van der Waals surface area contributed by atoms with Crippen molar-refractivity contribution in [1.82, 2.24) is 5.32 Å². The van der Waals surface area contributed by atoms with Gasteiger partial charge in [-0.05, 0) is 38.0 Å². The molecular formula is C17H20ClN3O2. The third kappa shape index (κ3) is 4.97. The first-order valence-corrected chi connectivity index (χ1v) is 8.17. The van der Waals surface area contributed by atoms with Gasteiger partial charge in [0.05, 0.1) is 10.6 Å². The van der Waals surface area contributed by atoms with Crippen LogP contribution in [-0.4, -0.2) is 17.9 Å². The van der Waals surface area contributed by atoms with Crippen LogP contribution < -0.4 is 10.6 Å². The van der Waals surface area contributed by atoms with Gasteiger partial charge >= 0.3 is 0 Å². The van der Waals surface area contributed by atoms with E-state index in [1.54, 1.807) is 12.1 Å². The number of amides is 2. The predicted molar refractivity (Wildman–Crippen MR) is 89.0 cm³/mol. The van der Waals surface area contributed by atoms with E-state index < -0.39 is 0 Å². The zero-order valence-electron chi connectivity index (χ0n) is 13.1. The minimum atomic E-state index is -0.231. The maximum atomic E-state index is 12.0. The van der Waals surface area contributed by atoms with E-state index in [2.05, 4.69) is 10.6 Å². The molecule has 1 saturated carbocycles. The summed E-state index contributed by atoms with van der Waals surface area (Å²) in [6.45, 7) is 1.81. The topological polar surface area (TPSA) is 82.0 Å². The number of nitrogens with zero attached hydrogens (tertiary/aromatic N) is 1. The molecule has 1 aliphatic rings. The van der Waals surface area contributed by atoms with Crippen LogP contribution in [0.2, 0.25) is 5.02 Å². The van der Waals surface area contributed by atoms with E-state index in [1.807, 2.05) is 13.0 Å². The van der Waals surface area contributed by atoms with E-state index in [9.17, 15) is 9.59 Å². The summed E-state index contributed by atoms with van der Waals surface area (Å²) in [5.41, 5.74) is 0.831. The average Bonchev–Trinajstić information content (AvgIpc) is 3.03. The molecule has 122 valence electrons. The highest BCUT2D eigenvalue weighted by molar-refractivity contribution is 6.31. The fourth-order valence-corrected chi connectivity index (χ4v) is 2.94. The van der Waals surface area contributed by atoms with Gasteiger partial charge in [0.1, 0.15) is 6.07 Å². The number of hydrogen-bond donors (Lipinski definition) is 2. The Morgan fingerprint density at radius 2 is 2.09 bits per heavy atom. The molecule has 1 aromatic rings. The quantitative estimate of drug-likeness (QED) is 0.867. The van der Waals surface area contributed by atoms with Crippen LogP contribution in [0.25, 0.3) is 0 Å². The Morgan fingerprint density at radius 3 is 2.74 bits per heavy atom. The highest BCUT2D eigenvalue weighted by Gasteiger charge is 2.24. The van der Waals surface area contributed by atoms with Gasteiger partial charge in [0.25, 0.3) is 0 Å². The standard InChI is InChI=1S/C17H20ClN3O2/c1-11(20-17(23)12-4-2-3-5-12)8-16(22)21-14-6-7-15(18)13(9-14)10-19/h6-7,9,11-12H,2-5,8H2,1H3,(H,20,23)(H,21,22). The van der Waals surface area contributed by atoms with E-state index in [4.69, 9.17) is 16.9 Å². The average molecular weight is 334 g/mol. The van der Waals surface area contributed by atoms with Crippen molar-refractivity contribution in [3.05, 3.63) is 28.8 Å². The second-order valence-electron chi connectivity index (χ2n) is 5.95. The van der Waals surface area contributed by atoms with Crippen molar-refractivity contribution < 1.29 is 9.59 Å². The molecule has 0 heterocycles. The molecule has 5 nitrogen and oxygen atoms in total. The largest absolute Gasteiger partial charge is 0.353 e. The summed E-state index contributed by atoms with van der Waals surface area (Å²) in [4.78, 5) is 24.1. The van der Waals surface area contributed by atoms with E-state index in [0.717, 1.165) is 25.7 Å². The maximum Gasteiger partial charge on any atom is 0.226 e. The second kappa shape index (κ2) is 7.98. The summed E-state index contributed by atoms with van der Waals surface area (Å²) >= 11 is 5.85. The summed E-state index contributed by atoms with van der Waals surface area (Å²) in [5, 5.41) is 14.9. The third-order valence-corrected chi connectivity index (χ3v) is 4.31. The van der Waals surface area contributed by atoms with Crippen molar-refractivity contribution >= 4 is 29.1 Å². The van der Waals surface area contributed by atoms with Gasteiger partial charge in [0.2, 0.25) is 11.8 Å². The number of halogens is 1. The Bertz CT molecular complexity index is 633. The lowest BCUT2D eigenvalue weighted by atomic mass is 10.1. The highest BCUT2D eigenvalue weighted by atomic mass is 35.5. The first-order valence-electron chi connectivity index (χ1n) is 7.79. The molecular weight excluding hydrogens is 314 g/mol. The number of anilines is 1. The van der Waals surface area contributed by atoms with Crippen molar-refractivity contribution in [3.8, 4) is 6.07 Å². The van der Waals surface area contributed by atoms with Gasteiger partial charge in [0.15, 0.2) is 0 Å². The molecule has 1 aromatic carbocycles. The molecule has 1 fully saturated rings. The van der Waals surface area contributed by atoms with Crippen LogP contribution >= 0.6 is 11.6 Å². The highest BCUT2D eigenvalue weighted by Crippen LogP contribution is 2.25. The Labute approximate surface area is 141 Å². The molecule has 1 atom stereocenters. The molecule has 23 heavy (non-hydrogen) atoms. The van der Waals surface area contributed by atoms with Crippen LogP contribution in [0.1, 0.15) is 44.6 Å². The molecule has 0 aromatic heterocycles. The monoisotopic (exact) mass is 333 g/mol. The molecule has 2 amide bonds. The number of benzene rings is 1. The van der Waals surface area contributed by atoms with Gasteiger partial charge in [-0.25, -0.2) is 0 Å². The molecule has 0 radical (unpaired) electrons. The van der Waals surface area contributed by atoms with Gasteiger partial charge < -0.3 is 10.6 Å². The number of nitrogens with one attached hydrogen (secondary N) is 2. The number of hydrogen-bond acceptors (Lipinski definition) is 3. The van der Waals surface area contributed by atoms with Crippen molar-refractivity contribution in [2.45, 2.75) is 45.1 Å². The van der Waals surface area contributed by atoms with Crippen LogP contribution in [0.4, 0.5) is 5.69 Å². The number of nitriles is 1. The Hall–Kier alpha value is -2.06. The fourth-order valence-electron chi connectivity index (χ4n) is 2.78. The van der Waals surface area contributed by atoms with Crippen molar-refractivity contribution in [1.29, 1.82) is 5.26 Å². The van der Waals surface area contributed by atoms with E-state index in [-0.39, 0.29) is 30.2 Å². The molecule has 0 bridgehead atoms. The summed E-state index contributed by atoms with van der Waals surface area (Å²) < 4.78 is 0. The van der Waals surface area contributed by atoms with E-state index in [0.29, 0.717) is 16.3 Å². The van der Waals surface area contributed by atoms with E-state index in [1.165, 1.54) is 6.07 Å². The molecule has 1 unspecified atom stereocenters. The second-order valence-corrected chi connectivity index (χ2v) is 6.36. The van der Waals surface area contributed by atoms with Crippen molar-refractivity contribution in [3.63, 3.8) is 0 Å². The van der Waals surface area contributed by atoms with Gasteiger partial charge in [-0.15, -0.1) is 0 Å². The zero-order valence-corrected chi connectivity index (χ0v) is 13.8. The van der Waals surface area contributed by atoms with Crippen LogP contribution in [0.5, 0.6) is 0 Å². The lowest BCUT2D eigenvalue weighted by Crippen LogP contribution is -2.38. The Kier molecular flexibility index (Phi) is 6.00. The molecule has 6 heteroatoms. The first kappa shape index (κ1) is 17.3. The van der Waals surface area contributed by atoms with Crippen LogP contribution in [0.15, 0.2) is 18.2 Å². The molecule has 0 saturated heterocycles. The van der Waals surface area contributed by atoms with Gasteiger partial charge in [-0.2, -0.15) is 5.26 Å². The lowest BCUT2D eigenvalue weighted by Gasteiger charge is -2.16. The summed E-state index contributed by atoms with van der Waals surface area (Å²) in [6.07, 6.45) is 4.26. The number of rotatable bonds is 5. The third-order valence-electron chi connectivity index (χ3n) is 3.98. The normalized spacial score (nSPS) is 15.7. The van der Waals surface area contributed by atoms with Crippen LogP contribution in [0, 0.1) is 17.2 Å². The lowest BCUT2D eigenvalue weighted by molar-refractivity contribution is -0.125. The van der Waals surface area contributed by atoms with E-state index >= 15 is 0 Å². The molecule has 2 N–H and O–H groups in total. The molecule has 0 aliphatic heterocycles. The number of carbonyl (C=O) groups is 2. The Balaban J connectivity index is 1.84. The minimum Gasteiger partial charge on any atom is -0.353 e. The molecule has 2 rings (SSSR count). The molecule has 1 aliphatic carbocycles. The van der Waals surface area contributed by atoms with Crippen LogP contribution in [0.3, 0.4) is 0 Å². The summed E-state index contributed by atoms with van der Waals surface area (Å²) in [5.74, 6) is -0.0774. The van der Waals surface area contributed by atoms with Gasteiger partial charge in [0, 0.05) is 24.1 Å². The van der Waals surface area contributed by atoms with Crippen molar-refractivity contribution in [2.24, 2.45) is 5.92 Å².